The molecule has 4 bridgehead atoms. The molecule has 0 spiro atoms. The molecule has 2 unspecified atom stereocenters. The maximum Gasteiger partial charge on any atom is 0.270 e. The summed E-state index contributed by atoms with van der Waals surface area (Å²) in [7, 11) is 0. The molecular formula is C25H28N4O2. The number of rotatable bonds is 3. The minimum Gasteiger partial charge on any atom is -0.345 e. The van der Waals surface area contributed by atoms with E-state index in [9.17, 15) is 9.59 Å². The summed E-state index contributed by atoms with van der Waals surface area (Å²) in [4.78, 5) is 37.7. The van der Waals surface area contributed by atoms with Crippen molar-refractivity contribution in [3.05, 3.63) is 58.7 Å². The Hall–Kier alpha value is -2.76. The van der Waals surface area contributed by atoms with Crippen molar-refractivity contribution in [2.45, 2.75) is 70.0 Å². The summed E-state index contributed by atoms with van der Waals surface area (Å²) in [6.07, 6.45) is 6.16. The number of hydrogen-bond donors (Lipinski definition) is 1. The molecule has 0 aromatic carbocycles. The number of aromatic nitrogens is 2. The Morgan fingerprint density at radius 3 is 2.52 bits per heavy atom. The van der Waals surface area contributed by atoms with E-state index in [4.69, 9.17) is 0 Å². The number of amides is 2. The van der Waals surface area contributed by atoms with Gasteiger partial charge in [0.1, 0.15) is 5.69 Å². The van der Waals surface area contributed by atoms with Gasteiger partial charge in [0, 0.05) is 22.5 Å². The zero-order chi connectivity index (χ0) is 21.4. The number of fused-ring (bicyclic) bond motifs is 1. The highest BCUT2D eigenvalue weighted by Gasteiger charge is 2.61. The first-order valence-electron chi connectivity index (χ1n) is 11.4. The molecule has 0 saturated heterocycles. The highest BCUT2D eigenvalue weighted by molar-refractivity contribution is 5.98. The zero-order valence-electron chi connectivity index (χ0n) is 18.1. The molecule has 6 nitrogen and oxygen atoms in total. The highest BCUT2D eigenvalue weighted by atomic mass is 16.2. The van der Waals surface area contributed by atoms with Crippen LogP contribution in [0.5, 0.6) is 0 Å². The van der Waals surface area contributed by atoms with Crippen LogP contribution in [0, 0.1) is 25.7 Å². The molecule has 2 aromatic rings. The predicted molar refractivity (Wildman–Crippen MR) is 115 cm³/mol. The molecule has 1 N–H and O–H groups in total. The summed E-state index contributed by atoms with van der Waals surface area (Å²) in [5.74, 6) is 1.14. The van der Waals surface area contributed by atoms with Crippen LogP contribution in [0.4, 0.5) is 0 Å². The lowest BCUT2D eigenvalue weighted by atomic mass is 9.49. The molecule has 2 amide bonds. The van der Waals surface area contributed by atoms with Crippen molar-refractivity contribution < 1.29 is 9.59 Å². The standard InChI is InChI=1S/C25H28N4O2/c1-15-4-3-5-20(26-15)22(30)28-24-9-17-8-18(10-24)12-25(11-17,14-24)29-13-21-19(23(29)31)7-6-16(2)27-21/h3-7,17-18H,8-14H2,1-2H3,(H,28,30). The van der Waals surface area contributed by atoms with Gasteiger partial charge in [-0.25, -0.2) is 4.98 Å². The molecule has 160 valence electrons. The van der Waals surface area contributed by atoms with E-state index in [0.717, 1.165) is 54.7 Å². The van der Waals surface area contributed by atoms with Gasteiger partial charge >= 0.3 is 0 Å². The Balaban J connectivity index is 1.31. The lowest BCUT2D eigenvalue weighted by molar-refractivity contribution is -0.0940. The minimum absolute atomic E-state index is 0.0888. The topological polar surface area (TPSA) is 75.2 Å². The second-order valence-electron chi connectivity index (χ2n) is 10.4. The average molecular weight is 417 g/mol. The van der Waals surface area contributed by atoms with Crippen molar-refractivity contribution in [1.82, 2.24) is 20.2 Å². The summed E-state index contributed by atoms with van der Waals surface area (Å²) in [5, 5.41) is 3.41. The lowest BCUT2D eigenvalue weighted by Gasteiger charge is -2.64. The molecule has 5 aliphatic rings. The molecule has 31 heavy (non-hydrogen) atoms. The zero-order valence-corrected chi connectivity index (χ0v) is 18.1. The Bertz CT molecular complexity index is 1100. The summed E-state index contributed by atoms with van der Waals surface area (Å²) < 4.78 is 0. The van der Waals surface area contributed by atoms with Gasteiger partial charge in [-0.1, -0.05) is 6.07 Å². The van der Waals surface area contributed by atoms with E-state index in [1.54, 1.807) is 6.07 Å². The normalized spacial score (nSPS) is 33.0. The lowest BCUT2D eigenvalue weighted by Crippen LogP contribution is -2.69. The largest absolute Gasteiger partial charge is 0.345 e. The average Bonchev–Trinajstić information content (AvgIpc) is 3.03. The number of nitrogens with one attached hydrogen (secondary N) is 1. The second kappa shape index (κ2) is 6.38. The van der Waals surface area contributed by atoms with Crippen LogP contribution in [-0.4, -0.2) is 37.8 Å². The van der Waals surface area contributed by atoms with Gasteiger partial charge in [0.25, 0.3) is 11.8 Å². The molecule has 0 radical (unpaired) electrons. The van der Waals surface area contributed by atoms with E-state index >= 15 is 0 Å². The Kier molecular flexibility index (Phi) is 3.90. The summed E-state index contributed by atoms with van der Waals surface area (Å²) >= 11 is 0. The smallest absolute Gasteiger partial charge is 0.270 e. The van der Waals surface area contributed by atoms with Crippen LogP contribution in [0.25, 0.3) is 0 Å². The van der Waals surface area contributed by atoms with Gasteiger partial charge in [-0.2, -0.15) is 0 Å². The number of aryl methyl sites for hydroxylation is 2. The molecule has 4 saturated carbocycles. The molecule has 2 atom stereocenters. The van der Waals surface area contributed by atoms with Crippen LogP contribution in [0.3, 0.4) is 0 Å². The van der Waals surface area contributed by atoms with Crippen LogP contribution in [0.1, 0.15) is 76.5 Å². The number of carbonyl (C=O) groups is 2. The van der Waals surface area contributed by atoms with Crippen LogP contribution in [0.2, 0.25) is 0 Å². The summed E-state index contributed by atoms with van der Waals surface area (Å²) in [6, 6.07) is 9.43. The fraction of sp³-hybridized carbons (Fsp3) is 0.520. The number of nitrogens with zero attached hydrogens (tertiary/aromatic N) is 3. The molecule has 3 heterocycles. The maximum atomic E-state index is 13.4. The van der Waals surface area contributed by atoms with E-state index in [2.05, 4.69) is 20.2 Å². The first-order valence-corrected chi connectivity index (χ1v) is 11.4. The quantitative estimate of drug-likeness (QED) is 0.830. The predicted octanol–water partition coefficient (Wildman–Crippen LogP) is 3.57. The van der Waals surface area contributed by atoms with Crippen LogP contribution in [-0.2, 0) is 6.54 Å². The van der Waals surface area contributed by atoms with Gasteiger partial charge in [0.15, 0.2) is 0 Å². The van der Waals surface area contributed by atoms with Crippen molar-refractivity contribution in [1.29, 1.82) is 0 Å². The second-order valence-corrected chi connectivity index (χ2v) is 10.4. The van der Waals surface area contributed by atoms with Crippen molar-refractivity contribution in [2.75, 3.05) is 0 Å². The van der Waals surface area contributed by atoms with E-state index in [1.807, 2.05) is 38.1 Å². The number of carbonyl (C=O) groups excluding carboxylic acids is 2. The van der Waals surface area contributed by atoms with E-state index in [1.165, 1.54) is 6.42 Å². The summed E-state index contributed by atoms with van der Waals surface area (Å²) in [6.45, 7) is 4.48. The van der Waals surface area contributed by atoms with E-state index in [0.29, 0.717) is 24.1 Å². The molecule has 4 aliphatic carbocycles. The Morgan fingerprint density at radius 1 is 1.03 bits per heavy atom. The Morgan fingerprint density at radius 2 is 1.77 bits per heavy atom. The first kappa shape index (κ1) is 19.0. The van der Waals surface area contributed by atoms with Gasteiger partial charge in [-0.15, -0.1) is 0 Å². The third-order valence-corrected chi connectivity index (χ3v) is 8.00. The van der Waals surface area contributed by atoms with Crippen molar-refractivity contribution in [3.8, 4) is 0 Å². The monoisotopic (exact) mass is 416 g/mol. The van der Waals surface area contributed by atoms with Gasteiger partial charge in [0.05, 0.1) is 17.8 Å². The molecule has 2 aromatic heterocycles. The third-order valence-electron chi connectivity index (χ3n) is 8.00. The van der Waals surface area contributed by atoms with Crippen LogP contribution >= 0.6 is 0 Å². The fourth-order valence-electron chi connectivity index (χ4n) is 7.33. The Labute approximate surface area is 182 Å². The van der Waals surface area contributed by atoms with Crippen molar-refractivity contribution >= 4 is 11.8 Å². The van der Waals surface area contributed by atoms with E-state index < -0.39 is 0 Å². The number of hydrogen-bond acceptors (Lipinski definition) is 4. The molecule has 1 aliphatic heterocycles. The van der Waals surface area contributed by atoms with Gasteiger partial charge in [-0.05, 0) is 88.5 Å². The SMILES string of the molecule is Cc1cccc(C(=O)NC23CC4CC(C2)CC(N2Cc5nc(C)ccc5C2=O)(C4)C3)n1. The van der Waals surface area contributed by atoms with Crippen molar-refractivity contribution in [2.24, 2.45) is 11.8 Å². The fourth-order valence-corrected chi connectivity index (χ4v) is 7.33. The van der Waals surface area contributed by atoms with E-state index in [-0.39, 0.29) is 22.9 Å². The van der Waals surface area contributed by atoms with Gasteiger partial charge in [-0.3, -0.25) is 14.6 Å². The third kappa shape index (κ3) is 2.91. The number of pyridine rings is 2. The van der Waals surface area contributed by atoms with Gasteiger partial charge in [0.2, 0.25) is 0 Å². The molecular weight excluding hydrogens is 388 g/mol. The van der Waals surface area contributed by atoms with Crippen molar-refractivity contribution in [3.63, 3.8) is 0 Å². The first-order chi connectivity index (χ1) is 14.8. The van der Waals surface area contributed by atoms with Crippen LogP contribution < -0.4 is 5.32 Å². The minimum atomic E-state index is -0.245. The summed E-state index contributed by atoms with van der Waals surface area (Å²) in [5.41, 5.74) is 3.51. The molecule has 7 rings (SSSR count). The molecule has 6 heteroatoms. The highest BCUT2D eigenvalue weighted by Crippen LogP contribution is 2.60. The van der Waals surface area contributed by atoms with Crippen LogP contribution in [0.15, 0.2) is 30.3 Å². The van der Waals surface area contributed by atoms with Gasteiger partial charge < -0.3 is 10.2 Å². The maximum absolute atomic E-state index is 13.4. The molecule has 4 fully saturated rings.